The summed E-state index contributed by atoms with van der Waals surface area (Å²) in [6.45, 7) is 6.18. The summed E-state index contributed by atoms with van der Waals surface area (Å²) in [7, 11) is 1.67. The van der Waals surface area contributed by atoms with Crippen LogP contribution in [0.1, 0.15) is 46.5 Å². The van der Waals surface area contributed by atoms with Crippen molar-refractivity contribution in [3.63, 3.8) is 0 Å². The van der Waals surface area contributed by atoms with Gasteiger partial charge in [0, 0.05) is 18.7 Å². The average Bonchev–Trinajstić information content (AvgIpc) is 2.41. The Morgan fingerprint density at radius 3 is 2.52 bits per heavy atom. The lowest BCUT2D eigenvalue weighted by Gasteiger charge is -2.35. The summed E-state index contributed by atoms with van der Waals surface area (Å²) in [6.07, 6.45) is 4.80. The zero-order valence-electron chi connectivity index (χ0n) is 13.5. The molecule has 21 heavy (non-hydrogen) atoms. The molecule has 1 aliphatic rings. The second-order valence-corrected chi connectivity index (χ2v) is 6.68. The van der Waals surface area contributed by atoms with Crippen molar-refractivity contribution in [1.82, 2.24) is 0 Å². The van der Waals surface area contributed by atoms with Gasteiger partial charge in [-0.2, -0.15) is 0 Å². The first-order valence-corrected chi connectivity index (χ1v) is 7.62. The largest absolute Gasteiger partial charge is 0.495 e. The Bertz CT molecular complexity index is 502. The fraction of sp³-hybridized carbons (Fsp3) is 0.588. The van der Waals surface area contributed by atoms with Gasteiger partial charge in [0.15, 0.2) is 0 Å². The van der Waals surface area contributed by atoms with E-state index in [1.54, 1.807) is 7.11 Å². The van der Waals surface area contributed by atoms with Crippen LogP contribution in [0.4, 0.5) is 11.4 Å². The van der Waals surface area contributed by atoms with Gasteiger partial charge in [0.2, 0.25) is 5.91 Å². The Balaban J connectivity index is 2.09. The van der Waals surface area contributed by atoms with E-state index in [9.17, 15) is 4.79 Å². The van der Waals surface area contributed by atoms with Crippen LogP contribution in [0.5, 0.6) is 5.75 Å². The number of nitrogens with one attached hydrogen (secondary N) is 2. The highest BCUT2D eigenvalue weighted by atomic mass is 16.5. The first kappa shape index (κ1) is 15.7. The number of hydrogen-bond donors (Lipinski definition) is 2. The van der Waals surface area contributed by atoms with Crippen LogP contribution in [0, 0.1) is 5.41 Å². The summed E-state index contributed by atoms with van der Waals surface area (Å²) >= 11 is 0. The van der Waals surface area contributed by atoms with Crippen molar-refractivity contribution in [1.29, 1.82) is 0 Å². The van der Waals surface area contributed by atoms with E-state index in [4.69, 9.17) is 4.74 Å². The lowest BCUT2D eigenvalue weighted by atomic mass is 9.75. The number of amides is 1. The number of anilines is 2. The minimum Gasteiger partial charge on any atom is -0.495 e. The molecule has 0 saturated heterocycles. The van der Waals surface area contributed by atoms with Gasteiger partial charge >= 0.3 is 0 Å². The highest BCUT2D eigenvalue weighted by Gasteiger charge is 2.27. The first-order chi connectivity index (χ1) is 9.89. The SMILES string of the molecule is COc1ccc(NC(C)=O)cc1NC1CCC(C)(C)CC1. The fourth-order valence-electron chi connectivity index (χ4n) is 2.87. The van der Waals surface area contributed by atoms with Crippen LogP contribution in [0.3, 0.4) is 0 Å². The van der Waals surface area contributed by atoms with Crippen molar-refractivity contribution in [3.8, 4) is 5.75 Å². The number of rotatable bonds is 4. The Morgan fingerprint density at radius 2 is 1.95 bits per heavy atom. The predicted octanol–water partition coefficient (Wildman–Crippen LogP) is 4.03. The minimum atomic E-state index is -0.0643. The molecule has 0 heterocycles. The molecule has 1 aliphatic carbocycles. The molecule has 0 bridgehead atoms. The molecule has 4 heteroatoms. The van der Waals surface area contributed by atoms with Crippen LogP contribution in [0.25, 0.3) is 0 Å². The molecule has 1 aromatic rings. The Kier molecular flexibility index (Phi) is 4.76. The van der Waals surface area contributed by atoms with Gasteiger partial charge in [-0.3, -0.25) is 4.79 Å². The third-order valence-electron chi connectivity index (χ3n) is 4.22. The number of benzene rings is 1. The molecule has 0 atom stereocenters. The first-order valence-electron chi connectivity index (χ1n) is 7.62. The van der Waals surface area contributed by atoms with E-state index in [0.29, 0.717) is 11.5 Å². The van der Waals surface area contributed by atoms with Crippen molar-refractivity contribution in [2.45, 2.75) is 52.5 Å². The maximum atomic E-state index is 11.2. The fourth-order valence-corrected chi connectivity index (χ4v) is 2.87. The van der Waals surface area contributed by atoms with E-state index in [2.05, 4.69) is 24.5 Å². The van der Waals surface area contributed by atoms with E-state index in [-0.39, 0.29) is 5.91 Å². The molecule has 0 spiro atoms. The van der Waals surface area contributed by atoms with E-state index >= 15 is 0 Å². The quantitative estimate of drug-likeness (QED) is 0.880. The van der Waals surface area contributed by atoms with Crippen LogP contribution in [0.15, 0.2) is 18.2 Å². The van der Waals surface area contributed by atoms with Crippen LogP contribution >= 0.6 is 0 Å². The summed E-state index contributed by atoms with van der Waals surface area (Å²) in [4.78, 5) is 11.2. The maximum Gasteiger partial charge on any atom is 0.221 e. The summed E-state index contributed by atoms with van der Waals surface area (Å²) < 4.78 is 5.41. The molecular weight excluding hydrogens is 264 g/mol. The lowest BCUT2D eigenvalue weighted by Crippen LogP contribution is -2.30. The summed E-state index contributed by atoms with van der Waals surface area (Å²) in [6, 6.07) is 6.16. The molecule has 116 valence electrons. The van der Waals surface area contributed by atoms with Crippen LogP contribution in [-0.4, -0.2) is 19.1 Å². The van der Waals surface area contributed by atoms with Crippen LogP contribution < -0.4 is 15.4 Å². The molecule has 0 unspecified atom stereocenters. The van der Waals surface area contributed by atoms with Crippen molar-refractivity contribution in [2.24, 2.45) is 5.41 Å². The summed E-state index contributed by atoms with van der Waals surface area (Å²) in [5.41, 5.74) is 2.20. The minimum absolute atomic E-state index is 0.0643. The van der Waals surface area contributed by atoms with Gasteiger partial charge in [0.05, 0.1) is 12.8 Å². The molecule has 0 radical (unpaired) electrons. The highest BCUT2D eigenvalue weighted by molar-refractivity contribution is 5.89. The molecular formula is C17H26N2O2. The topological polar surface area (TPSA) is 50.4 Å². The van der Waals surface area contributed by atoms with Gasteiger partial charge in [-0.25, -0.2) is 0 Å². The second-order valence-electron chi connectivity index (χ2n) is 6.68. The third-order valence-corrected chi connectivity index (χ3v) is 4.22. The van der Waals surface area contributed by atoms with Gasteiger partial charge in [0.1, 0.15) is 5.75 Å². The molecule has 2 rings (SSSR count). The highest BCUT2D eigenvalue weighted by Crippen LogP contribution is 2.37. The molecule has 0 aliphatic heterocycles. The van der Waals surface area contributed by atoms with Crippen LogP contribution in [0.2, 0.25) is 0 Å². The molecule has 1 fully saturated rings. The average molecular weight is 290 g/mol. The van der Waals surface area contributed by atoms with Gasteiger partial charge in [-0.05, 0) is 49.3 Å². The normalized spacial score (nSPS) is 18.1. The number of hydrogen-bond acceptors (Lipinski definition) is 3. The van der Waals surface area contributed by atoms with Crippen molar-refractivity contribution in [3.05, 3.63) is 18.2 Å². The number of methoxy groups -OCH3 is 1. The van der Waals surface area contributed by atoms with Crippen LogP contribution in [-0.2, 0) is 4.79 Å². The number of carbonyl (C=O) groups excluding carboxylic acids is 1. The monoisotopic (exact) mass is 290 g/mol. The van der Waals surface area contributed by atoms with Crippen molar-refractivity contribution < 1.29 is 9.53 Å². The van der Waals surface area contributed by atoms with Gasteiger partial charge < -0.3 is 15.4 Å². The Labute approximate surface area is 127 Å². The number of carbonyl (C=O) groups is 1. The van der Waals surface area contributed by atoms with Gasteiger partial charge in [0.25, 0.3) is 0 Å². The second kappa shape index (κ2) is 6.37. The molecule has 4 nitrogen and oxygen atoms in total. The van der Waals surface area contributed by atoms with E-state index in [1.807, 2.05) is 18.2 Å². The van der Waals surface area contributed by atoms with Crippen molar-refractivity contribution in [2.75, 3.05) is 17.7 Å². The molecule has 2 N–H and O–H groups in total. The Morgan fingerprint density at radius 1 is 1.29 bits per heavy atom. The molecule has 1 saturated carbocycles. The Hall–Kier alpha value is -1.71. The molecule has 1 amide bonds. The summed E-state index contributed by atoms with van der Waals surface area (Å²) in [5.74, 6) is 0.750. The van der Waals surface area contributed by atoms with Gasteiger partial charge in [-0.15, -0.1) is 0 Å². The van der Waals surface area contributed by atoms with E-state index in [0.717, 1.165) is 17.1 Å². The standard InChI is InChI=1S/C17H26N2O2/c1-12(20)18-14-5-6-16(21-4)15(11-14)19-13-7-9-17(2,3)10-8-13/h5-6,11,13,19H,7-10H2,1-4H3,(H,18,20). The van der Waals surface area contributed by atoms with E-state index in [1.165, 1.54) is 32.6 Å². The zero-order chi connectivity index (χ0) is 15.5. The molecule has 0 aromatic heterocycles. The van der Waals surface area contributed by atoms with Crippen molar-refractivity contribution >= 4 is 17.3 Å². The third kappa shape index (κ3) is 4.38. The lowest BCUT2D eigenvalue weighted by molar-refractivity contribution is -0.114. The van der Waals surface area contributed by atoms with Gasteiger partial charge in [-0.1, -0.05) is 13.8 Å². The summed E-state index contributed by atoms with van der Waals surface area (Å²) in [5, 5.41) is 6.39. The smallest absolute Gasteiger partial charge is 0.221 e. The number of ether oxygens (including phenoxy) is 1. The maximum absolute atomic E-state index is 11.2. The predicted molar refractivity (Wildman–Crippen MR) is 87.0 cm³/mol. The molecule has 1 aromatic carbocycles. The zero-order valence-corrected chi connectivity index (χ0v) is 13.5. The van der Waals surface area contributed by atoms with E-state index < -0.39 is 0 Å².